The minimum atomic E-state index is -0.569. The van der Waals surface area contributed by atoms with Crippen LogP contribution >= 0.6 is 11.8 Å². The van der Waals surface area contributed by atoms with E-state index in [0.29, 0.717) is 17.1 Å². The van der Waals surface area contributed by atoms with E-state index in [1.807, 2.05) is 12.3 Å². The van der Waals surface area contributed by atoms with E-state index in [9.17, 15) is 10.1 Å². The molecule has 0 saturated carbocycles. The van der Waals surface area contributed by atoms with E-state index in [-0.39, 0.29) is 5.56 Å². The van der Waals surface area contributed by atoms with Crippen molar-refractivity contribution in [2.75, 3.05) is 6.26 Å². The van der Waals surface area contributed by atoms with Gasteiger partial charge in [-0.05, 0) is 30.5 Å². The molecular formula is C15H12N2O2S. The monoisotopic (exact) mass is 284 g/mol. The molecule has 0 radical (unpaired) electrons. The fraction of sp³-hybridized carbons (Fsp3) is 0.0667. The molecule has 20 heavy (non-hydrogen) atoms. The summed E-state index contributed by atoms with van der Waals surface area (Å²) in [6, 6.07) is 14.1. The molecule has 0 bridgehead atoms. The number of primary amides is 1. The number of hydrogen-bond donors (Lipinski definition) is 1. The highest BCUT2D eigenvalue weighted by atomic mass is 32.2. The quantitative estimate of drug-likeness (QED) is 0.875. The van der Waals surface area contributed by atoms with Gasteiger partial charge in [0.25, 0.3) is 5.91 Å². The van der Waals surface area contributed by atoms with Crippen molar-refractivity contribution in [1.82, 2.24) is 0 Å². The minimum Gasteiger partial charge on any atom is -0.455 e. The highest BCUT2D eigenvalue weighted by Gasteiger charge is 2.13. The molecule has 0 saturated heterocycles. The molecule has 2 aromatic carbocycles. The van der Waals surface area contributed by atoms with Crippen LogP contribution in [0, 0.1) is 11.3 Å². The topological polar surface area (TPSA) is 76.1 Å². The van der Waals surface area contributed by atoms with Crippen molar-refractivity contribution in [3.63, 3.8) is 0 Å². The highest BCUT2D eigenvalue weighted by molar-refractivity contribution is 7.98. The van der Waals surface area contributed by atoms with Crippen molar-refractivity contribution < 1.29 is 9.53 Å². The lowest BCUT2D eigenvalue weighted by Gasteiger charge is -2.11. The van der Waals surface area contributed by atoms with Gasteiger partial charge in [-0.1, -0.05) is 18.2 Å². The third-order valence-corrected chi connectivity index (χ3v) is 3.47. The fourth-order valence-corrected chi connectivity index (χ4v) is 2.32. The molecule has 0 atom stereocenters. The van der Waals surface area contributed by atoms with Gasteiger partial charge in [0.2, 0.25) is 0 Å². The van der Waals surface area contributed by atoms with Gasteiger partial charge in [0.05, 0.1) is 5.56 Å². The van der Waals surface area contributed by atoms with Gasteiger partial charge < -0.3 is 10.5 Å². The van der Waals surface area contributed by atoms with Crippen LogP contribution in [0.2, 0.25) is 0 Å². The Morgan fingerprint density at radius 2 is 1.90 bits per heavy atom. The smallest absolute Gasteiger partial charge is 0.252 e. The van der Waals surface area contributed by atoms with E-state index in [4.69, 9.17) is 10.5 Å². The first kappa shape index (κ1) is 14.0. The van der Waals surface area contributed by atoms with Gasteiger partial charge in [-0.15, -0.1) is 11.8 Å². The summed E-state index contributed by atoms with van der Waals surface area (Å²) >= 11 is 1.46. The first-order valence-electron chi connectivity index (χ1n) is 5.81. The fourth-order valence-electron chi connectivity index (χ4n) is 1.75. The zero-order chi connectivity index (χ0) is 14.5. The maximum Gasteiger partial charge on any atom is 0.252 e. The number of nitrogens with two attached hydrogens (primary N) is 1. The van der Waals surface area contributed by atoms with Gasteiger partial charge in [0.15, 0.2) is 0 Å². The Balaban J connectivity index is 2.46. The summed E-state index contributed by atoms with van der Waals surface area (Å²) in [5.74, 6) is 0.183. The Morgan fingerprint density at radius 1 is 1.20 bits per heavy atom. The number of carbonyl (C=O) groups excluding carboxylic acids is 1. The Morgan fingerprint density at radius 3 is 2.55 bits per heavy atom. The van der Waals surface area contributed by atoms with Crippen LogP contribution in [0.5, 0.6) is 11.5 Å². The standard InChI is InChI=1S/C15H12N2O2S/c1-20-14-8-4-7-13(11(14)9-16)19-12-6-3-2-5-10(12)15(17)18/h2-8H,1H3,(H2,17,18). The number of thioether (sulfide) groups is 1. The van der Waals surface area contributed by atoms with E-state index in [1.165, 1.54) is 11.8 Å². The van der Waals surface area contributed by atoms with E-state index < -0.39 is 5.91 Å². The molecule has 1 amide bonds. The predicted molar refractivity (Wildman–Crippen MR) is 78.0 cm³/mol. The summed E-state index contributed by atoms with van der Waals surface area (Å²) in [4.78, 5) is 12.2. The van der Waals surface area contributed by atoms with E-state index in [0.717, 1.165) is 4.90 Å². The zero-order valence-corrected chi connectivity index (χ0v) is 11.6. The SMILES string of the molecule is CSc1cccc(Oc2ccccc2C(N)=O)c1C#N. The first-order chi connectivity index (χ1) is 9.67. The largest absolute Gasteiger partial charge is 0.455 e. The van der Waals surface area contributed by atoms with Crippen LogP contribution in [-0.4, -0.2) is 12.2 Å². The predicted octanol–water partition coefficient (Wildman–Crippen LogP) is 3.17. The molecule has 2 rings (SSSR count). The van der Waals surface area contributed by atoms with Crippen LogP contribution in [0.15, 0.2) is 47.4 Å². The first-order valence-corrected chi connectivity index (χ1v) is 7.03. The molecule has 0 spiro atoms. The molecule has 2 aromatic rings. The summed E-state index contributed by atoms with van der Waals surface area (Å²) in [5.41, 5.74) is 6.03. The summed E-state index contributed by atoms with van der Waals surface area (Å²) in [6.45, 7) is 0. The van der Waals surface area contributed by atoms with Crippen molar-refractivity contribution in [2.45, 2.75) is 4.90 Å². The Hall–Kier alpha value is -2.45. The number of nitriles is 1. The van der Waals surface area contributed by atoms with Gasteiger partial charge in [0, 0.05) is 4.90 Å². The van der Waals surface area contributed by atoms with Crippen LogP contribution in [0.1, 0.15) is 15.9 Å². The van der Waals surface area contributed by atoms with E-state index in [1.54, 1.807) is 36.4 Å². The molecule has 4 nitrogen and oxygen atoms in total. The van der Waals surface area contributed by atoms with Crippen LogP contribution in [0.3, 0.4) is 0 Å². The molecule has 0 aliphatic heterocycles. The maximum absolute atomic E-state index is 11.4. The zero-order valence-electron chi connectivity index (χ0n) is 10.8. The summed E-state index contributed by atoms with van der Waals surface area (Å²) in [7, 11) is 0. The van der Waals surface area contributed by atoms with Crippen molar-refractivity contribution in [2.24, 2.45) is 5.73 Å². The number of carbonyl (C=O) groups is 1. The summed E-state index contributed by atoms with van der Waals surface area (Å²) < 4.78 is 5.70. The maximum atomic E-state index is 11.4. The molecule has 100 valence electrons. The van der Waals surface area contributed by atoms with Gasteiger partial charge >= 0.3 is 0 Å². The van der Waals surface area contributed by atoms with Gasteiger partial charge in [0.1, 0.15) is 23.1 Å². The number of rotatable bonds is 4. The average molecular weight is 284 g/mol. The molecule has 0 heterocycles. The minimum absolute atomic E-state index is 0.283. The number of amides is 1. The lowest BCUT2D eigenvalue weighted by atomic mass is 10.2. The van der Waals surface area contributed by atoms with E-state index >= 15 is 0 Å². The second-order valence-corrected chi connectivity index (χ2v) is 4.76. The van der Waals surface area contributed by atoms with Crippen molar-refractivity contribution in [3.8, 4) is 17.6 Å². The number of ether oxygens (including phenoxy) is 1. The van der Waals surface area contributed by atoms with Crippen molar-refractivity contribution in [1.29, 1.82) is 5.26 Å². The van der Waals surface area contributed by atoms with Gasteiger partial charge in [-0.25, -0.2) is 0 Å². The van der Waals surface area contributed by atoms with Crippen molar-refractivity contribution >= 4 is 17.7 Å². The van der Waals surface area contributed by atoms with Crippen molar-refractivity contribution in [3.05, 3.63) is 53.6 Å². The van der Waals surface area contributed by atoms with Crippen LogP contribution < -0.4 is 10.5 Å². The van der Waals surface area contributed by atoms with Crippen LogP contribution in [-0.2, 0) is 0 Å². The molecule has 0 unspecified atom stereocenters. The Kier molecular flexibility index (Phi) is 4.28. The Bertz CT molecular complexity index is 693. The van der Waals surface area contributed by atoms with Gasteiger partial charge in [-0.2, -0.15) is 5.26 Å². The number of para-hydroxylation sites is 1. The van der Waals surface area contributed by atoms with Crippen LogP contribution in [0.4, 0.5) is 0 Å². The second-order valence-electron chi connectivity index (χ2n) is 3.91. The summed E-state index contributed by atoms with van der Waals surface area (Å²) in [6.07, 6.45) is 1.89. The molecule has 2 N–H and O–H groups in total. The molecule has 0 aliphatic carbocycles. The lowest BCUT2D eigenvalue weighted by molar-refractivity contribution is 0.0998. The summed E-state index contributed by atoms with van der Waals surface area (Å²) in [5, 5.41) is 9.25. The van der Waals surface area contributed by atoms with Crippen LogP contribution in [0.25, 0.3) is 0 Å². The third kappa shape index (κ3) is 2.76. The second kappa shape index (κ2) is 6.13. The highest BCUT2D eigenvalue weighted by Crippen LogP contribution is 2.32. The normalized spacial score (nSPS) is 9.80. The molecule has 5 heteroatoms. The van der Waals surface area contributed by atoms with E-state index in [2.05, 4.69) is 6.07 Å². The molecule has 0 fully saturated rings. The molecule has 0 aliphatic rings. The number of hydrogen-bond acceptors (Lipinski definition) is 4. The molecule has 0 aromatic heterocycles. The number of benzene rings is 2. The average Bonchev–Trinajstić information content (AvgIpc) is 2.47. The third-order valence-electron chi connectivity index (χ3n) is 2.69. The number of nitrogens with zero attached hydrogens (tertiary/aromatic N) is 1. The van der Waals surface area contributed by atoms with Gasteiger partial charge in [-0.3, -0.25) is 4.79 Å². The lowest BCUT2D eigenvalue weighted by Crippen LogP contribution is -2.12. The Labute approximate surface area is 121 Å². The molecular weight excluding hydrogens is 272 g/mol.